The van der Waals surface area contributed by atoms with Gasteiger partial charge in [0, 0.05) is 40.9 Å². The number of aromatic amines is 1. The number of Topliss-reactive ketones (excluding diaryl/α,β-unsaturated/α-hetero) is 1. The van der Waals surface area contributed by atoms with Gasteiger partial charge in [-0.2, -0.15) is 5.10 Å². The van der Waals surface area contributed by atoms with Gasteiger partial charge < -0.3 is 11.1 Å². The number of amides is 1. The van der Waals surface area contributed by atoms with Gasteiger partial charge in [-0.05, 0) is 60.4 Å². The molecule has 3 aromatic rings. The first-order chi connectivity index (χ1) is 18.2. The summed E-state index contributed by atoms with van der Waals surface area (Å²) in [6.45, 7) is 4.19. The average molecular weight is 512 g/mol. The minimum atomic E-state index is -0.492. The number of hydrogen-bond acceptors (Lipinski definition) is 5. The van der Waals surface area contributed by atoms with Crippen molar-refractivity contribution in [1.29, 1.82) is 0 Å². The number of fused-ring (bicyclic) bond motifs is 1. The topological polar surface area (TPSA) is 114 Å². The SMILES string of the molecule is CC1(C)CC(=O)C2=C(C1)Nc1[nH]nc(C(C(N)=O)C3CC3)c1C2/C=C/c1ccc(-c2cccc(F)c2)cn1. The van der Waals surface area contributed by atoms with Crippen molar-refractivity contribution >= 4 is 23.6 Å². The third-order valence-electron chi connectivity index (χ3n) is 7.75. The smallest absolute Gasteiger partial charge is 0.226 e. The summed E-state index contributed by atoms with van der Waals surface area (Å²) in [6, 6.07) is 10.2. The summed E-state index contributed by atoms with van der Waals surface area (Å²) in [5.41, 5.74) is 11.0. The Labute approximate surface area is 220 Å². The second-order valence-corrected chi connectivity index (χ2v) is 11.4. The Hall–Kier alpha value is -4.07. The Kier molecular flexibility index (Phi) is 5.78. The Morgan fingerprint density at radius 2 is 2.00 bits per heavy atom. The van der Waals surface area contributed by atoms with Crippen LogP contribution in [0.15, 0.2) is 59.9 Å². The molecule has 8 heteroatoms. The van der Waals surface area contributed by atoms with Crippen molar-refractivity contribution in [2.45, 2.75) is 51.4 Å². The number of H-pyrrole nitrogens is 1. The van der Waals surface area contributed by atoms with E-state index in [1.54, 1.807) is 12.3 Å². The van der Waals surface area contributed by atoms with Crippen LogP contribution in [-0.2, 0) is 9.59 Å². The zero-order chi connectivity index (χ0) is 26.6. The summed E-state index contributed by atoms with van der Waals surface area (Å²) in [6.07, 6.45) is 8.62. The maximum Gasteiger partial charge on any atom is 0.226 e. The molecule has 6 rings (SSSR count). The zero-order valence-corrected chi connectivity index (χ0v) is 21.4. The number of carbonyl (C=O) groups excluding carboxylic acids is 2. The number of benzene rings is 1. The first kappa shape index (κ1) is 24.3. The maximum absolute atomic E-state index is 13.7. The van der Waals surface area contributed by atoms with Crippen LogP contribution in [0.5, 0.6) is 0 Å². The normalized spacial score (nSPS) is 21.1. The molecule has 1 aromatic carbocycles. The zero-order valence-electron chi connectivity index (χ0n) is 21.4. The highest BCUT2D eigenvalue weighted by atomic mass is 19.1. The molecular formula is C30H30FN5O2. The fraction of sp³-hybridized carbons (Fsp3) is 0.333. The molecule has 2 atom stereocenters. The number of aromatic nitrogens is 3. The maximum atomic E-state index is 13.7. The highest BCUT2D eigenvalue weighted by Gasteiger charge is 2.45. The predicted octanol–water partition coefficient (Wildman–Crippen LogP) is 5.46. The van der Waals surface area contributed by atoms with Gasteiger partial charge in [-0.15, -0.1) is 0 Å². The van der Waals surface area contributed by atoms with Crippen LogP contribution in [0.3, 0.4) is 0 Å². The van der Waals surface area contributed by atoms with Gasteiger partial charge in [0.05, 0.1) is 17.3 Å². The van der Waals surface area contributed by atoms with Gasteiger partial charge in [-0.1, -0.05) is 38.1 Å². The summed E-state index contributed by atoms with van der Waals surface area (Å²) in [4.78, 5) is 30.5. The Bertz CT molecular complexity index is 1500. The predicted molar refractivity (Wildman–Crippen MR) is 143 cm³/mol. The molecule has 4 N–H and O–H groups in total. The second-order valence-electron chi connectivity index (χ2n) is 11.4. The van der Waals surface area contributed by atoms with E-state index in [1.807, 2.05) is 30.4 Å². The molecule has 2 unspecified atom stereocenters. The van der Waals surface area contributed by atoms with Crippen LogP contribution in [0.2, 0.25) is 0 Å². The molecule has 38 heavy (non-hydrogen) atoms. The molecule has 194 valence electrons. The van der Waals surface area contributed by atoms with E-state index in [2.05, 4.69) is 34.3 Å². The van der Waals surface area contributed by atoms with Gasteiger partial charge in [0.1, 0.15) is 11.6 Å². The summed E-state index contributed by atoms with van der Waals surface area (Å²) in [5.74, 6) is -0.590. The van der Waals surface area contributed by atoms with Crippen LogP contribution < -0.4 is 11.1 Å². The van der Waals surface area contributed by atoms with E-state index < -0.39 is 11.8 Å². The number of hydrogen-bond donors (Lipinski definition) is 3. The molecule has 1 aliphatic heterocycles. The number of halogens is 1. The number of nitrogens with zero attached hydrogens (tertiary/aromatic N) is 2. The second kappa shape index (κ2) is 9.04. The summed E-state index contributed by atoms with van der Waals surface area (Å²) >= 11 is 0. The van der Waals surface area contributed by atoms with Gasteiger partial charge in [0.15, 0.2) is 5.78 Å². The minimum absolute atomic E-state index is 0.0904. The number of primary amides is 1. The molecule has 2 aromatic heterocycles. The molecule has 1 fully saturated rings. The summed E-state index contributed by atoms with van der Waals surface area (Å²) in [5, 5.41) is 11.1. The summed E-state index contributed by atoms with van der Waals surface area (Å²) in [7, 11) is 0. The van der Waals surface area contributed by atoms with E-state index in [4.69, 9.17) is 5.73 Å². The Morgan fingerprint density at radius 3 is 2.68 bits per heavy atom. The van der Waals surface area contributed by atoms with Crippen LogP contribution in [0, 0.1) is 17.2 Å². The molecule has 0 saturated heterocycles. The van der Waals surface area contributed by atoms with E-state index in [0.29, 0.717) is 29.2 Å². The number of ketones is 1. The lowest BCUT2D eigenvalue weighted by Crippen LogP contribution is -2.33. The Morgan fingerprint density at radius 1 is 1.18 bits per heavy atom. The molecule has 2 aliphatic carbocycles. The Balaban J connectivity index is 1.39. The van der Waals surface area contributed by atoms with Gasteiger partial charge >= 0.3 is 0 Å². The van der Waals surface area contributed by atoms with Crippen LogP contribution >= 0.6 is 0 Å². The third-order valence-corrected chi connectivity index (χ3v) is 7.75. The van der Waals surface area contributed by atoms with Gasteiger partial charge in [0.25, 0.3) is 0 Å². The monoisotopic (exact) mass is 511 g/mol. The fourth-order valence-corrected chi connectivity index (χ4v) is 5.86. The van der Waals surface area contributed by atoms with Crippen LogP contribution in [0.1, 0.15) is 68.3 Å². The van der Waals surface area contributed by atoms with E-state index in [0.717, 1.165) is 41.6 Å². The van der Waals surface area contributed by atoms with Gasteiger partial charge in [0.2, 0.25) is 5.91 Å². The standard InChI is InChI=1S/C30H30FN5O2/c1-30(2)13-22-25(23(37)14-30)21(26-27(35-36-29(26)34-22)24(28(32)38)16-6-7-16)11-10-20-9-8-18(15-33-20)17-4-3-5-19(31)12-17/h3-5,8-12,15-16,21,24H,6-7,13-14H2,1-2H3,(H2,32,38)(H2,34,35,36)/b11-10+. The fourth-order valence-electron chi connectivity index (χ4n) is 5.86. The number of nitrogens with two attached hydrogens (primary N) is 1. The number of pyridine rings is 1. The minimum Gasteiger partial charge on any atom is -0.369 e. The molecule has 1 amide bonds. The number of allylic oxidation sites excluding steroid dienone is 3. The highest BCUT2D eigenvalue weighted by Crippen LogP contribution is 2.51. The lowest BCUT2D eigenvalue weighted by molar-refractivity contribution is -0.120. The van der Waals surface area contributed by atoms with E-state index in [-0.39, 0.29) is 28.9 Å². The van der Waals surface area contributed by atoms with Crippen molar-refractivity contribution in [1.82, 2.24) is 15.2 Å². The van der Waals surface area contributed by atoms with Crippen LogP contribution in [0.25, 0.3) is 17.2 Å². The molecule has 0 radical (unpaired) electrons. The number of rotatable bonds is 6. The molecule has 1 saturated carbocycles. The van der Waals surface area contributed by atoms with Gasteiger partial charge in [-0.3, -0.25) is 19.7 Å². The van der Waals surface area contributed by atoms with E-state index in [9.17, 15) is 14.0 Å². The molecule has 0 bridgehead atoms. The van der Waals surface area contributed by atoms with E-state index >= 15 is 0 Å². The largest absolute Gasteiger partial charge is 0.369 e. The lowest BCUT2D eigenvalue weighted by atomic mass is 9.70. The number of carbonyl (C=O) groups is 2. The van der Waals surface area contributed by atoms with Crippen molar-refractivity contribution < 1.29 is 14.0 Å². The molecule has 3 heterocycles. The van der Waals surface area contributed by atoms with Gasteiger partial charge in [-0.25, -0.2) is 4.39 Å². The van der Waals surface area contributed by atoms with Crippen molar-refractivity contribution in [3.63, 3.8) is 0 Å². The van der Waals surface area contributed by atoms with Crippen LogP contribution in [-0.4, -0.2) is 26.9 Å². The molecule has 3 aliphatic rings. The van der Waals surface area contributed by atoms with Crippen molar-refractivity contribution in [2.75, 3.05) is 5.32 Å². The van der Waals surface area contributed by atoms with E-state index in [1.165, 1.54) is 12.1 Å². The quantitative estimate of drug-likeness (QED) is 0.407. The number of anilines is 1. The third kappa shape index (κ3) is 4.44. The van der Waals surface area contributed by atoms with Crippen LogP contribution in [0.4, 0.5) is 10.2 Å². The molecular weight excluding hydrogens is 481 g/mol. The number of nitrogens with one attached hydrogen (secondary N) is 2. The van der Waals surface area contributed by atoms with Crippen molar-refractivity contribution in [3.05, 3.63) is 82.7 Å². The lowest BCUT2D eigenvalue weighted by Gasteiger charge is -2.37. The average Bonchev–Trinajstić information content (AvgIpc) is 3.61. The van der Waals surface area contributed by atoms with Crippen molar-refractivity contribution in [2.24, 2.45) is 17.1 Å². The molecule has 7 nitrogen and oxygen atoms in total. The van der Waals surface area contributed by atoms with Crippen molar-refractivity contribution in [3.8, 4) is 11.1 Å². The molecule has 0 spiro atoms. The highest BCUT2D eigenvalue weighted by molar-refractivity contribution is 6.01. The first-order valence-electron chi connectivity index (χ1n) is 13.0. The first-order valence-corrected chi connectivity index (χ1v) is 13.0. The summed E-state index contributed by atoms with van der Waals surface area (Å²) < 4.78 is 13.7.